The van der Waals surface area contributed by atoms with Gasteiger partial charge in [-0.15, -0.1) is 0 Å². The number of rotatable bonds is 4. The van der Waals surface area contributed by atoms with Crippen LogP contribution in [0.3, 0.4) is 0 Å². The highest BCUT2D eigenvalue weighted by atomic mass is 19.2. The lowest BCUT2D eigenvalue weighted by molar-refractivity contribution is 0.445. The molecule has 0 saturated carbocycles. The molecule has 0 atom stereocenters. The fourth-order valence-electron chi connectivity index (χ4n) is 2.11. The Bertz CT molecular complexity index is 647. The van der Waals surface area contributed by atoms with Crippen LogP contribution in [0.5, 0.6) is 0 Å². The molecule has 4 heteroatoms. The molecule has 0 nitrogen and oxygen atoms in total. The first-order chi connectivity index (χ1) is 9.95. The van der Waals surface area contributed by atoms with Gasteiger partial charge in [-0.1, -0.05) is 24.3 Å². The summed E-state index contributed by atoms with van der Waals surface area (Å²) in [7, 11) is 0. The lowest BCUT2D eigenvalue weighted by atomic mass is 10.0. The summed E-state index contributed by atoms with van der Waals surface area (Å²) in [5.74, 6) is -4.12. The fraction of sp³-hybridized carbons (Fsp3) is 0.176. The van der Waals surface area contributed by atoms with Crippen molar-refractivity contribution >= 4 is 6.08 Å². The van der Waals surface area contributed by atoms with Crippen molar-refractivity contribution in [2.45, 2.75) is 19.8 Å². The minimum Gasteiger partial charge on any atom is -0.212 e. The third-order valence-electron chi connectivity index (χ3n) is 3.06. The number of allylic oxidation sites excluding steroid dienone is 1. The molecule has 0 aromatic heterocycles. The van der Waals surface area contributed by atoms with Gasteiger partial charge in [0.25, 0.3) is 0 Å². The van der Waals surface area contributed by atoms with E-state index in [4.69, 9.17) is 0 Å². The summed E-state index contributed by atoms with van der Waals surface area (Å²) in [5, 5.41) is 0. The second-order valence-corrected chi connectivity index (χ2v) is 4.85. The third-order valence-corrected chi connectivity index (χ3v) is 3.06. The van der Waals surface area contributed by atoms with Gasteiger partial charge >= 0.3 is 0 Å². The molecule has 110 valence electrons. The zero-order chi connectivity index (χ0) is 15.4. The van der Waals surface area contributed by atoms with Crippen LogP contribution in [0, 0.1) is 17.5 Å². The van der Waals surface area contributed by atoms with E-state index in [2.05, 4.69) is 0 Å². The predicted octanol–water partition coefficient (Wildman–Crippen LogP) is 5.22. The first-order valence-electron chi connectivity index (χ1n) is 6.52. The summed E-state index contributed by atoms with van der Waals surface area (Å²) >= 11 is 0. The van der Waals surface area contributed by atoms with Gasteiger partial charge in [-0.05, 0) is 54.7 Å². The fourth-order valence-corrected chi connectivity index (χ4v) is 2.11. The van der Waals surface area contributed by atoms with Crippen molar-refractivity contribution in [1.29, 1.82) is 0 Å². The van der Waals surface area contributed by atoms with Crippen LogP contribution in [0.15, 0.2) is 42.2 Å². The Kier molecular flexibility index (Phi) is 4.78. The van der Waals surface area contributed by atoms with Crippen LogP contribution < -0.4 is 0 Å². The van der Waals surface area contributed by atoms with Crippen molar-refractivity contribution < 1.29 is 17.6 Å². The van der Waals surface area contributed by atoms with Crippen molar-refractivity contribution in [3.8, 4) is 0 Å². The second kappa shape index (κ2) is 6.57. The molecule has 2 aromatic carbocycles. The molecule has 0 bridgehead atoms. The summed E-state index contributed by atoms with van der Waals surface area (Å²) in [4.78, 5) is 0. The van der Waals surface area contributed by atoms with Crippen LogP contribution in [-0.2, 0) is 12.8 Å². The summed E-state index contributed by atoms with van der Waals surface area (Å²) in [5.41, 5.74) is 2.02. The molecule has 2 aromatic rings. The van der Waals surface area contributed by atoms with Gasteiger partial charge in [-0.3, -0.25) is 0 Å². The molecule has 0 spiro atoms. The molecule has 0 aliphatic carbocycles. The number of benzene rings is 2. The lowest BCUT2D eigenvalue weighted by Gasteiger charge is -2.05. The Labute approximate surface area is 120 Å². The average molecular weight is 294 g/mol. The molecule has 0 aliphatic rings. The predicted molar refractivity (Wildman–Crippen MR) is 74.9 cm³/mol. The molecule has 0 fully saturated rings. The van der Waals surface area contributed by atoms with Gasteiger partial charge in [0, 0.05) is 0 Å². The molecule has 0 heterocycles. The molecule has 0 unspecified atom stereocenters. The average Bonchev–Trinajstić information content (AvgIpc) is 2.42. The van der Waals surface area contributed by atoms with Gasteiger partial charge in [-0.2, -0.15) is 0 Å². The quantitative estimate of drug-likeness (QED) is 0.536. The summed E-state index contributed by atoms with van der Waals surface area (Å²) in [6, 6.07) is 9.20. The normalized spacial score (nSPS) is 11.8. The molecular weight excluding hydrogens is 280 g/mol. The maximum atomic E-state index is 13.1. The van der Waals surface area contributed by atoms with Gasteiger partial charge in [-0.25, -0.2) is 17.6 Å². The van der Waals surface area contributed by atoms with E-state index in [0.717, 1.165) is 23.3 Å². The number of halogens is 4. The van der Waals surface area contributed by atoms with Crippen molar-refractivity contribution in [1.82, 2.24) is 0 Å². The van der Waals surface area contributed by atoms with Crippen LogP contribution >= 0.6 is 0 Å². The van der Waals surface area contributed by atoms with E-state index in [1.807, 2.05) is 6.07 Å². The third kappa shape index (κ3) is 4.18. The Hall–Kier alpha value is -2.10. The molecule has 0 amide bonds. The lowest BCUT2D eigenvalue weighted by Crippen LogP contribution is -1.97. The summed E-state index contributed by atoms with van der Waals surface area (Å²) in [6.45, 7) is 1.36. The maximum absolute atomic E-state index is 13.1. The minimum absolute atomic E-state index is 0.296. The smallest absolute Gasteiger partial charge is 0.194 e. The van der Waals surface area contributed by atoms with Crippen LogP contribution in [0.25, 0.3) is 6.08 Å². The van der Waals surface area contributed by atoms with E-state index < -0.39 is 17.5 Å². The Balaban J connectivity index is 2.11. The Morgan fingerprint density at radius 2 is 1.57 bits per heavy atom. The second-order valence-electron chi connectivity index (χ2n) is 4.85. The summed E-state index contributed by atoms with van der Waals surface area (Å²) in [6.07, 6.45) is 2.30. The molecule has 0 radical (unpaired) electrons. The van der Waals surface area contributed by atoms with Crippen LogP contribution in [-0.4, -0.2) is 0 Å². The highest BCUT2D eigenvalue weighted by Gasteiger charge is 2.10. The number of aryl methyl sites for hydroxylation is 2. The van der Waals surface area contributed by atoms with Gasteiger partial charge in [0.15, 0.2) is 17.5 Å². The van der Waals surface area contributed by atoms with Gasteiger partial charge in [0.1, 0.15) is 0 Å². The first-order valence-corrected chi connectivity index (χ1v) is 6.52. The van der Waals surface area contributed by atoms with Crippen LogP contribution in [0.4, 0.5) is 17.6 Å². The highest BCUT2D eigenvalue weighted by Crippen LogP contribution is 2.17. The van der Waals surface area contributed by atoms with E-state index in [1.54, 1.807) is 18.2 Å². The Morgan fingerprint density at radius 3 is 2.19 bits per heavy atom. The first kappa shape index (κ1) is 15.3. The Morgan fingerprint density at radius 1 is 0.952 bits per heavy atom. The molecule has 21 heavy (non-hydrogen) atoms. The minimum atomic E-state index is -1.45. The molecule has 0 aliphatic heterocycles. The molecule has 0 saturated heterocycles. The van der Waals surface area contributed by atoms with E-state index in [-0.39, 0.29) is 5.83 Å². The zero-order valence-electron chi connectivity index (χ0n) is 11.5. The zero-order valence-corrected chi connectivity index (χ0v) is 11.5. The standard InChI is InChI=1S/C17H14F4/c1-11(18)7-13-4-2-3-12(8-13)5-6-14-9-15(19)17(21)16(20)10-14/h2-4,7-10H,5-6H2,1H3/b11-7+. The number of hydrogen-bond donors (Lipinski definition) is 0. The molecule has 0 N–H and O–H groups in total. The van der Waals surface area contributed by atoms with Crippen LogP contribution in [0.2, 0.25) is 0 Å². The monoisotopic (exact) mass is 294 g/mol. The maximum Gasteiger partial charge on any atom is 0.194 e. The van der Waals surface area contributed by atoms with Crippen molar-refractivity contribution in [2.24, 2.45) is 0 Å². The largest absolute Gasteiger partial charge is 0.212 e. The highest BCUT2D eigenvalue weighted by molar-refractivity contribution is 5.51. The van der Waals surface area contributed by atoms with Gasteiger partial charge in [0.05, 0.1) is 5.83 Å². The molecular formula is C17H14F4. The van der Waals surface area contributed by atoms with E-state index in [1.165, 1.54) is 13.0 Å². The van der Waals surface area contributed by atoms with E-state index in [9.17, 15) is 17.6 Å². The molecule has 2 rings (SSSR count). The SMILES string of the molecule is C/C(F)=C\c1cccc(CCc2cc(F)c(F)c(F)c2)c1. The van der Waals surface area contributed by atoms with Crippen molar-refractivity contribution in [3.63, 3.8) is 0 Å². The summed E-state index contributed by atoms with van der Waals surface area (Å²) < 4.78 is 51.9. The van der Waals surface area contributed by atoms with Gasteiger partial charge in [0.2, 0.25) is 0 Å². The number of hydrogen-bond acceptors (Lipinski definition) is 0. The van der Waals surface area contributed by atoms with Crippen molar-refractivity contribution in [2.75, 3.05) is 0 Å². The van der Waals surface area contributed by atoms with Crippen LogP contribution in [0.1, 0.15) is 23.6 Å². The van der Waals surface area contributed by atoms with Crippen molar-refractivity contribution in [3.05, 3.63) is 76.4 Å². The van der Waals surface area contributed by atoms with E-state index in [0.29, 0.717) is 18.4 Å². The van der Waals surface area contributed by atoms with E-state index >= 15 is 0 Å². The van der Waals surface area contributed by atoms with Gasteiger partial charge < -0.3 is 0 Å². The topological polar surface area (TPSA) is 0 Å².